The monoisotopic (exact) mass is 352 g/mol. The molecule has 1 saturated heterocycles. The van der Waals surface area contributed by atoms with E-state index in [4.69, 9.17) is 9.26 Å². The summed E-state index contributed by atoms with van der Waals surface area (Å²) in [7, 11) is 1.69. The van der Waals surface area contributed by atoms with Gasteiger partial charge >= 0.3 is 0 Å². The number of aryl methyl sites for hydroxylation is 2. The molecule has 0 radical (unpaired) electrons. The fraction of sp³-hybridized carbons (Fsp3) is 0.450. The molecule has 1 atom stereocenters. The maximum absolute atomic E-state index is 5.50. The molecule has 0 spiro atoms. The number of nitrogens with zero attached hydrogens (tertiary/aromatic N) is 4. The van der Waals surface area contributed by atoms with Crippen molar-refractivity contribution < 1.29 is 9.26 Å². The van der Waals surface area contributed by atoms with Crippen LogP contribution in [0.15, 0.2) is 28.9 Å². The molecule has 1 unspecified atom stereocenters. The summed E-state index contributed by atoms with van der Waals surface area (Å²) >= 11 is 0. The summed E-state index contributed by atoms with van der Waals surface area (Å²) in [5.41, 5.74) is 3.39. The predicted octanol–water partition coefficient (Wildman–Crippen LogP) is 3.70. The van der Waals surface area contributed by atoms with Crippen molar-refractivity contribution in [3.8, 4) is 5.75 Å². The van der Waals surface area contributed by atoms with E-state index in [9.17, 15) is 0 Å². The second-order valence-corrected chi connectivity index (χ2v) is 7.03. The second-order valence-electron chi connectivity index (χ2n) is 7.03. The Morgan fingerprint density at radius 1 is 1.31 bits per heavy atom. The van der Waals surface area contributed by atoms with Gasteiger partial charge in [0.2, 0.25) is 5.89 Å². The minimum atomic E-state index is 0.522. The first kappa shape index (κ1) is 16.8. The van der Waals surface area contributed by atoms with Gasteiger partial charge < -0.3 is 14.2 Å². The molecule has 4 rings (SSSR count). The number of para-hydroxylation sites is 1. The van der Waals surface area contributed by atoms with Gasteiger partial charge in [-0.1, -0.05) is 17.3 Å². The van der Waals surface area contributed by atoms with Crippen molar-refractivity contribution in [3.63, 3.8) is 0 Å². The van der Waals surface area contributed by atoms with Gasteiger partial charge in [-0.2, -0.15) is 4.98 Å². The number of fused-ring (bicyclic) bond motifs is 1. The van der Waals surface area contributed by atoms with E-state index in [0.717, 1.165) is 48.4 Å². The first-order chi connectivity index (χ1) is 12.7. The van der Waals surface area contributed by atoms with Gasteiger partial charge in [0.05, 0.1) is 12.8 Å². The van der Waals surface area contributed by atoms with Crippen molar-refractivity contribution in [3.05, 3.63) is 41.7 Å². The third-order valence-corrected chi connectivity index (χ3v) is 5.11. The summed E-state index contributed by atoms with van der Waals surface area (Å²) in [6, 6.07) is 6.14. The minimum Gasteiger partial charge on any atom is -0.494 e. The van der Waals surface area contributed by atoms with Gasteiger partial charge in [-0.05, 0) is 37.3 Å². The Bertz CT molecular complexity index is 921. The molecule has 2 aromatic heterocycles. The zero-order chi connectivity index (χ0) is 18.1. The van der Waals surface area contributed by atoms with Crippen LogP contribution < -0.4 is 9.64 Å². The summed E-state index contributed by atoms with van der Waals surface area (Å²) in [5, 5.41) is 5.22. The van der Waals surface area contributed by atoms with E-state index in [1.807, 2.05) is 25.3 Å². The highest BCUT2D eigenvalue weighted by molar-refractivity contribution is 5.96. The van der Waals surface area contributed by atoms with Gasteiger partial charge in [0.15, 0.2) is 5.82 Å². The molecule has 1 aromatic carbocycles. The van der Waals surface area contributed by atoms with Crippen LogP contribution in [-0.4, -0.2) is 35.3 Å². The summed E-state index contributed by atoms with van der Waals surface area (Å²) < 4.78 is 10.6. The lowest BCUT2D eigenvalue weighted by molar-refractivity contribution is 0.370. The molecule has 1 aliphatic rings. The SMILES string of the molecule is COc1cccc2c(N3CCCC(Cc4noc(C)n4)C3)c(C)cnc12. The first-order valence-corrected chi connectivity index (χ1v) is 9.12. The Labute approximate surface area is 153 Å². The highest BCUT2D eigenvalue weighted by Gasteiger charge is 2.25. The molecule has 3 aromatic rings. The van der Waals surface area contributed by atoms with Crippen molar-refractivity contribution in [2.24, 2.45) is 5.92 Å². The van der Waals surface area contributed by atoms with E-state index in [-0.39, 0.29) is 0 Å². The summed E-state index contributed by atoms with van der Waals surface area (Å²) in [5.74, 6) is 2.79. The lowest BCUT2D eigenvalue weighted by Gasteiger charge is -2.35. The fourth-order valence-corrected chi connectivity index (χ4v) is 3.98. The average molecular weight is 352 g/mol. The Morgan fingerprint density at radius 2 is 2.19 bits per heavy atom. The van der Waals surface area contributed by atoms with Gasteiger partial charge in [-0.25, -0.2) is 0 Å². The zero-order valence-electron chi connectivity index (χ0n) is 15.5. The first-order valence-electron chi connectivity index (χ1n) is 9.12. The number of benzene rings is 1. The van der Waals surface area contributed by atoms with Crippen LogP contribution in [0.3, 0.4) is 0 Å². The van der Waals surface area contributed by atoms with Crippen LogP contribution in [0.25, 0.3) is 10.9 Å². The van der Waals surface area contributed by atoms with E-state index >= 15 is 0 Å². The molecular weight excluding hydrogens is 328 g/mol. The Balaban J connectivity index is 1.65. The summed E-state index contributed by atoms with van der Waals surface area (Å²) in [6.45, 7) is 6.01. The van der Waals surface area contributed by atoms with Crippen molar-refractivity contribution in [1.29, 1.82) is 0 Å². The van der Waals surface area contributed by atoms with Crippen LogP contribution in [0.2, 0.25) is 0 Å². The Hall–Kier alpha value is -2.63. The molecule has 0 N–H and O–H groups in total. The van der Waals surface area contributed by atoms with Gasteiger partial charge in [0.25, 0.3) is 0 Å². The number of rotatable bonds is 4. The summed E-state index contributed by atoms with van der Waals surface area (Å²) in [6.07, 6.45) is 5.16. The smallest absolute Gasteiger partial charge is 0.223 e. The van der Waals surface area contributed by atoms with Crippen molar-refractivity contribution >= 4 is 16.6 Å². The number of hydrogen-bond acceptors (Lipinski definition) is 6. The number of hydrogen-bond donors (Lipinski definition) is 0. The molecule has 1 aliphatic heterocycles. The van der Waals surface area contributed by atoms with Crippen LogP contribution in [0, 0.1) is 19.8 Å². The molecule has 136 valence electrons. The number of anilines is 1. The summed E-state index contributed by atoms with van der Waals surface area (Å²) in [4.78, 5) is 11.5. The molecule has 6 nitrogen and oxygen atoms in total. The molecule has 26 heavy (non-hydrogen) atoms. The van der Waals surface area contributed by atoms with Crippen LogP contribution >= 0.6 is 0 Å². The molecule has 0 saturated carbocycles. The maximum Gasteiger partial charge on any atom is 0.223 e. The van der Waals surface area contributed by atoms with Crippen molar-refractivity contribution in [2.75, 3.05) is 25.1 Å². The van der Waals surface area contributed by atoms with Crippen LogP contribution in [0.4, 0.5) is 5.69 Å². The maximum atomic E-state index is 5.50. The van der Waals surface area contributed by atoms with E-state index in [2.05, 4.69) is 33.0 Å². The highest BCUT2D eigenvalue weighted by atomic mass is 16.5. The third-order valence-electron chi connectivity index (χ3n) is 5.11. The van der Waals surface area contributed by atoms with E-state index in [1.54, 1.807) is 7.11 Å². The van der Waals surface area contributed by atoms with Gasteiger partial charge in [0.1, 0.15) is 11.3 Å². The quantitative estimate of drug-likeness (QED) is 0.713. The highest BCUT2D eigenvalue weighted by Crippen LogP contribution is 2.36. The second kappa shape index (κ2) is 6.94. The van der Waals surface area contributed by atoms with E-state index in [0.29, 0.717) is 11.8 Å². The number of piperidine rings is 1. The lowest BCUT2D eigenvalue weighted by Crippen LogP contribution is -2.37. The number of pyridine rings is 1. The fourth-order valence-electron chi connectivity index (χ4n) is 3.98. The van der Waals surface area contributed by atoms with E-state index in [1.165, 1.54) is 17.7 Å². The Kier molecular flexibility index (Phi) is 4.49. The van der Waals surface area contributed by atoms with E-state index < -0.39 is 0 Å². The topological polar surface area (TPSA) is 64.3 Å². The molecule has 6 heteroatoms. The Morgan fingerprint density at radius 3 is 2.96 bits per heavy atom. The number of ether oxygens (including phenoxy) is 1. The zero-order valence-corrected chi connectivity index (χ0v) is 15.5. The molecular formula is C20H24N4O2. The standard InChI is InChI=1S/C20H24N4O2/c1-13-11-21-19-16(7-4-8-17(19)25-3)20(13)24-9-5-6-15(12-24)10-18-22-14(2)26-23-18/h4,7-8,11,15H,5-6,9-10,12H2,1-3H3. The van der Waals surface area contributed by atoms with Crippen LogP contribution in [-0.2, 0) is 6.42 Å². The molecule has 1 fully saturated rings. The average Bonchev–Trinajstić information content (AvgIpc) is 3.05. The van der Waals surface area contributed by atoms with Crippen molar-refractivity contribution in [1.82, 2.24) is 15.1 Å². The van der Waals surface area contributed by atoms with Gasteiger partial charge in [-0.15, -0.1) is 0 Å². The predicted molar refractivity (Wildman–Crippen MR) is 101 cm³/mol. The van der Waals surface area contributed by atoms with Gasteiger partial charge in [-0.3, -0.25) is 4.98 Å². The number of methoxy groups -OCH3 is 1. The van der Waals surface area contributed by atoms with Gasteiger partial charge in [0, 0.05) is 38.0 Å². The largest absolute Gasteiger partial charge is 0.494 e. The van der Waals surface area contributed by atoms with Crippen LogP contribution in [0.1, 0.15) is 30.1 Å². The molecule has 0 aliphatic carbocycles. The molecule has 0 amide bonds. The normalized spacial score (nSPS) is 17.7. The van der Waals surface area contributed by atoms with Crippen molar-refractivity contribution in [2.45, 2.75) is 33.1 Å². The minimum absolute atomic E-state index is 0.522. The molecule has 0 bridgehead atoms. The third kappa shape index (κ3) is 3.11. The van der Waals surface area contributed by atoms with Crippen LogP contribution in [0.5, 0.6) is 5.75 Å². The number of aromatic nitrogens is 3. The molecule has 3 heterocycles. The lowest BCUT2D eigenvalue weighted by atomic mass is 9.93.